The molecule has 0 saturated heterocycles. The summed E-state index contributed by atoms with van der Waals surface area (Å²) in [6.45, 7) is 2.45. The molecule has 1 N–H and O–H groups in total. The molecule has 0 bridgehead atoms. The summed E-state index contributed by atoms with van der Waals surface area (Å²) in [5, 5.41) is 19.3. The molecule has 0 spiro atoms. The zero-order valence-electron chi connectivity index (χ0n) is 15.9. The lowest BCUT2D eigenvalue weighted by Crippen LogP contribution is -2.38. The molecule has 154 valence electrons. The second kappa shape index (κ2) is 9.06. The summed E-state index contributed by atoms with van der Waals surface area (Å²) in [7, 11) is 0. The third kappa shape index (κ3) is 4.84. The molecular weight excluding hydrogens is 428 g/mol. The SMILES string of the molecule is C[C@H](Oc1cccc(Cl)c1)C(=O)NCCn1cc(-c2nc(-c3ccsc3)no2)nn1. The van der Waals surface area contributed by atoms with Gasteiger partial charge in [-0.15, -0.1) is 5.10 Å². The fourth-order valence-corrected chi connectivity index (χ4v) is 3.39. The van der Waals surface area contributed by atoms with Gasteiger partial charge in [-0.25, -0.2) is 4.68 Å². The highest BCUT2D eigenvalue weighted by molar-refractivity contribution is 7.08. The molecule has 0 aliphatic heterocycles. The zero-order valence-corrected chi connectivity index (χ0v) is 17.4. The summed E-state index contributed by atoms with van der Waals surface area (Å²) in [4.78, 5) is 16.5. The smallest absolute Gasteiger partial charge is 0.280 e. The highest BCUT2D eigenvalue weighted by Gasteiger charge is 2.16. The van der Waals surface area contributed by atoms with Gasteiger partial charge in [-0.3, -0.25) is 4.79 Å². The minimum Gasteiger partial charge on any atom is -0.481 e. The van der Waals surface area contributed by atoms with Crippen LogP contribution in [0.15, 0.2) is 51.8 Å². The van der Waals surface area contributed by atoms with Gasteiger partial charge in [0.25, 0.3) is 11.8 Å². The quantitative estimate of drug-likeness (QED) is 0.444. The Labute approximate surface area is 180 Å². The monoisotopic (exact) mass is 444 g/mol. The lowest BCUT2D eigenvalue weighted by molar-refractivity contribution is -0.127. The first-order chi connectivity index (χ1) is 14.6. The number of halogens is 1. The summed E-state index contributed by atoms with van der Waals surface area (Å²) in [6, 6.07) is 8.81. The van der Waals surface area contributed by atoms with Gasteiger partial charge in [0.05, 0.1) is 12.7 Å². The number of carbonyl (C=O) groups is 1. The number of rotatable bonds is 8. The van der Waals surface area contributed by atoms with Gasteiger partial charge in [-0.05, 0) is 36.6 Å². The molecule has 4 rings (SSSR count). The van der Waals surface area contributed by atoms with Crippen molar-refractivity contribution in [2.75, 3.05) is 6.54 Å². The molecule has 1 atom stereocenters. The van der Waals surface area contributed by atoms with Gasteiger partial charge in [-0.1, -0.05) is 28.0 Å². The number of benzene rings is 1. The number of hydrogen-bond donors (Lipinski definition) is 1. The van der Waals surface area contributed by atoms with Crippen LogP contribution in [0.3, 0.4) is 0 Å². The van der Waals surface area contributed by atoms with E-state index < -0.39 is 6.10 Å². The van der Waals surface area contributed by atoms with Crippen LogP contribution in [0.2, 0.25) is 5.02 Å². The number of nitrogens with zero attached hydrogens (tertiary/aromatic N) is 5. The average molecular weight is 445 g/mol. The van der Waals surface area contributed by atoms with Gasteiger partial charge in [0.1, 0.15) is 5.75 Å². The van der Waals surface area contributed by atoms with Crippen LogP contribution in [-0.2, 0) is 11.3 Å². The number of ether oxygens (including phenoxy) is 1. The predicted molar refractivity (Wildman–Crippen MR) is 111 cm³/mol. The zero-order chi connectivity index (χ0) is 20.9. The summed E-state index contributed by atoms with van der Waals surface area (Å²) < 4.78 is 12.4. The van der Waals surface area contributed by atoms with Gasteiger partial charge < -0.3 is 14.6 Å². The summed E-state index contributed by atoms with van der Waals surface area (Å²) in [5.74, 6) is 1.08. The Bertz CT molecular complexity index is 1130. The molecule has 0 radical (unpaired) electrons. The van der Waals surface area contributed by atoms with E-state index in [1.54, 1.807) is 53.4 Å². The Kier molecular flexibility index (Phi) is 6.05. The maximum absolute atomic E-state index is 12.2. The van der Waals surface area contributed by atoms with Crippen molar-refractivity contribution in [2.45, 2.75) is 19.6 Å². The lowest BCUT2D eigenvalue weighted by Gasteiger charge is -2.14. The number of nitrogens with one attached hydrogen (secondary N) is 1. The molecular formula is C19H17ClN6O3S. The van der Waals surface area contributed by atoms with Gasteiger partial charge >= 0.3 is 0 Å². The molecule has 4 aromatic rings. The van der Waals surface area contributed by atoms with Crippen molar-refractivity contribution in [3.8, 4) is 28.7 Å². The van der Waals surface area contributed by atoms with Crippen LogP contribution in [0.25, 0.3) is 23.0 Å². The average Bonchev–Trinajstić information content (AvgIpc) is 3.48. The standard InChI is InChI=1S/C19H17ClN6O3S/c1-12(28-15-4-2-3-14(20)9-15)18(27)21-6-7-26-10-16(23-25-26)19-22-17(24-29-19)13-5-8-30-11-13/h2-5,8-12H,6-7H2,1H3,(H,21,27)/t12-/m0/s1. The van der Waals surface area contributed by atoms with E-state index >= 15 is 0 Å². The second-order valence-electron chi connectivity index (χ2n) is 6.31. The van der Waals surface area contributed by atoms with E-state index in [-0.39, 0.29) is 11.8 Å². The Balaban J connectivity index is 1.28. The second-order valence-corrected chi connectivity index (χ2v) is 7.53. The molecule has 0 fully saturated rings. The molecule has 0 aliphatic carbocycles. The Morgan fingerprint density at radius 1 is 1.40 bits per heavy atom. The van der Waals surface area contributed by atoms with Crippen molar-refractivity contribution in [1.82, 2.24) is 30.5 Å². The van der Waals surface area contributed by atoms with Gasteiger partial charge in [0, 0.05) is 22.5 Å². The molecule has 11 heteroatoms. The van der Waals surface area contributed by atoms with Crippen LogP contribution in [0, 0.1) is 0 Å². The molecule has 9 nitrogen and oxygen atoms in total. The van der Waals surface area contributed by atoms with Gasteiger partial charge in [0.15, 0.2) is 11.8 Å². The van der Waals surface area contributed by atoms with Gasteiger partial charge in [-0.2, -0.15) is 16.3 Å². The van der Waals surface area contributed by atoms with Crippen LogP contribution in [0.1, 0.15) is 6.92 Å². The van der Waals surface area contributed by atoms with Crippen molar-refractivity contribution in [3.63, 3.8) is 0 Å². The summed E-state index contributed by atoms with van der Waals surface area (Å²) in [6.07, 6.45) is 1.02. The third-order valence-electron chi connectivity index (χ3n) is 4.08. The summed E-state index contributed by atoms with van der Waals surface area (Å²) >= 11 is 7.48. The molecule has 0 aliphatic rings. The number of amides is 1. The molecule has 0 saturated carbocycles. The van der Waals surface area contributed by atoms with E-state index in [1.807, 2.05) is 16.8 Å². The largest absolute Gasteiger partial charge is 0.481 e. The van der Waals surface area contributed by atoms with Crippen LogP contribution >= 0.6 is 22.9 Å². The molecule has 1 aromatic carbocycles. The molecule has 30 heavy (non-hydrogen) atoms. The van der Waals surface area contributed by atoms with E-state index in [0.717, 1.165) is 5.56 Å². The predicted octanol–water partition coefficient (Wildman–Crippen LogP) is 3.29. The van der Waals surface area contributed by atoms with E-state index in [2.05, 4.69) is 25.8 Å². The van der Waals surface area contributed by atoms with Crippen LogP contribution in [0.4, 0.5) is 0 Å². The summed E-state index contributed by atoms with van der Waals surface area (Å²) in [5.41, 5.74) is 1.35. The van der Waals surface area contributed by atoms with Gasteiger partial charge in [0.2, 0.25) is 5.82 Å². The van der Waals surface area contributed by atoms with Crippen molar-refractivity contribution < 1.29 is 14.1 Å². The van der Waals surface area contributed by atoms with Crippen molar-refractivity contribution in [1.29, 1.82) is 0 Å². The van der Waals surface area contributed by atoms with E-state index in [4.69, 9.17) is 20.9 Å². The fraction of sp³-hybridized carbons (Fsp3) is 0.211. The van der Waals surface area contributed by atoms with Crippen LogP contribution < -0.4 is 10.1 Å². The van der Waals surface area contributed by atoms with Crippen molar-refractivity contribution >= 4 is 28.8 Å². The first-order valence-corrected chi connectivity index (χ1v) is 10.4. The van der Waals surface area contributed by atoms with Crippen molar-refractivity contribution in [2.24, 2.45) is 0 Å². The molecule has 3 heterocycles. The normalized spacial score (nSPS) is 11.9. The Morgan fingerprint density at radius 3 is 3.10 bits per heavy atom. The van der Waals surface area contributed by atoms with Crippen LogP contribution in [-0.4, -0.2) is 43.7 Å². The highest BCUT2D eigenvalue weighted by atomic mass is 35.5. The lowest BCUT2D eigenvalue weighted by atomic mass is 10.3. The van der Waals surface area contributed by atoms with Crippen LogP contribution in [0.5, 0.6) is 5.75 Å². The maximum atomic E-state index is 12.2. The highest BCUT2D eigenvalue weighted by Crippen LogP contribution is 2.22. The first-order valence-electron chi connectivity index (χ1n) is 9.05. The minimum atomic E-state index is -0.663. The van der Waals surface area contributed by atoms with Crippen molar-refractivity contribution in [3.05, 3.63) is 52.3 Å². The molecule has 3 aromatic heterocycles. The van der Waals surface area contributed by atoms with E-state index in [9.17, 15) is 4.79 Å². The molecule has 1 amide bonds. The number of aromatic nitrogens is 5. The number of hydrogen-bond acceptors (Lipinski definition) is 8. The topological polar surface area (TPSA) is 108 Å². The maximum Gasteiger partial charge on any atom is 0.280 e. The number of thiophene rings is 1. The Morgan fingerprint density at radius 2 is 2.30 bits per heavy atom. The van der Waals surface area contributed by atoms with E-state index in [1.165, 1.54) is 0 Å². The fourth-order valence-electron chi connectivity index (χ4n) is 2.58. The third-order valence-corrected chi connectivity index (χ3v) is 5.00. The first kappa shape index (κ1) is 20.0. The minimum absolute atomic E-state index is 0.243. The van der Waals surface area contributed by atoms with E-state index in [0.29, 0.717) is 35.4 Å². The number of carbonyl (C=O) groups excluding carboxylic acids is 1. The Hall–Kier alpha value is -3.24. The molecule has 0 unspecified atom stereocenters.